The lowest BCUT2D eigenvalue weighted by Crippen LogP contribution is -2.60. The first-order chi connectivity index (χ1) is 29.3. The van der Waals surface area contributed by atoms with Gasteiger partial charge in [-0.3, -0.25) is 4.79 Å². The third-order valence-electron chi connectivity index (χ3n) is 11.4. The highest BCUT2D eigenvalue weighted by molar-refractivity contribution is 5.76. The number of nitrogens with one attached hydrogen (secondary N) is 1. The fourth-order valence-corrected chi connectivity index (χ4v) is 7.48. The molecule has 1 aliphatic rings. The molecule has 348 valence electrons. The predicted octanol–water partition coefficient (Wildman–Crippen LogP) is 10.8. The zero-order chi connectivity index (χ0) is 43.7. The van der Waals surface area contributed by atoms with Crippen molar-refractivity contribution in [2.24, 2.45) is 0 Å². The van der Waals surface area contributed by atoms with Crippen molar-refractivity contribution in [1.29, 1.82) is 0 Å². The molecule has 0 aromatic carbocycles. The van der Waals surface area contributed by atoms with Gasteiger partial charge in [-0.1, -0.05) is 197 Å². The molecule has 1 fully saturated rings. The Balaban J connectivity index is 2.14. The summed E-state index contributed by atoms with van der Waals surface area (Å²) in [6.45, 7) is 3.67. The van der Waals surface area contributed by atoms with E-state index in [1.807, 2.05) is 0 Å². The topological polar surface area (TPSA) is 149 Å². The summed E-state index contributed by atoms with van der Waals surface area (Å²) in [5.41, 5.74) is 0. The van der Waals surface area contributed by atoms with Crippen LogP contribution in [0, 0.1) is 0 Å². The number of carbonyl (C=O) groups excluding carboxylic acids is 1. The van der Waals surface area contributed by atoms with Crippen molar-refractivity contribution < 1.29 is 39.8 Å². The van der Waals surface area contributed by atoms with E-state index in [2.05, 4.69) is 79.9 Å². The van der Waals surface area contributed by atoms with Crippen LogP contribution in [0.15, 0.2) is 60.8 Å². The van der Waals surface area contributed by atoms with Crippen molar-refractivity contribution in [2.45, 2.75) is 243 Å². The van der Waals surface area contributed by atoms with Gasteiger partial charge in [0, 0.05) is 6.42 Å². The van der Waals surface area contributed by atoms with E-state index in [0.29, 0.717) is 12.8 Å². The molecule has 0 radical (unpaired) electrons. The number of aliphatic hydroxyl groups excluding tert-OH is 5. The van der Waals surface area contributed by atoms with Crippen LogP contribution in [-0.2, 0) is 14.3 Å². The Morgan fingerprint density at radius 1 is 0.583 bits per heavy atom. The van der Waals surface area contributed by atoms with Gasteiger partial charge in [-0.2, -0.15) is 0 Å². The van der Waals surface area contributed by atoms with Crippen LogP contribution in [0.1, 0.15) is 200 Å². The standard InChI is InChI=1S/C51H91NO8/c1-3-5-7-9-11-13-14-15-16-17-18-19-20-21-22-23-24-25-26-27-28-29-30-31-32-33-35-37-39-41-47(55)52-44(45(54)40-38-36-34-12-10-8-6-4-2)43-59-51-50(58)49(57)48(56)46(42-53)60-51/h5,7,11,13,15-16,18-19,21-22,44-46,48-51,53-54,56-58H,3-4,6,8-10,12,14,17,20,23-43H2,1-2H3,(H,52,55)/b7-5-,13-11-,16-15-,19-18-,22-21-. The first kappa shape index (κ1) is 55.9. The highest BCUT2D eigenvalue weighted by Gasteiger charge is 2.44. The van der Waals surface area contributed by atoms with Gasteiger partial charge in [0.1, 0.15) is 24.4 Å². The van der Waals surface area contributed by atoms with Crippen LogP contribution >= 0.6 is 0 Å². The Labute approximate surface area is 366 Å². The molecule has 1 amide bonds. The second kappa shape index (κ2) is 40.9. The van der Waals surface area contributed by atoms with Gasteiger partial charge in [0.15, 0.2) is 6.29 Å². The lowest BCUT2D eigenvalue weighted by molar-refractivity contribution is -0.302. The molecular weight excluding hydrogens is 755 g/mol. The van der Waals surface area contributed by atoms with Crippen LogP contribution in [0.2, 0.25) is 0 Å². The van der Waals surface area contributed by atoms with Gasteiger partial charge in [0.05, 0.1) is 25.4 Å². The Morgan fingerprint density at radius 3 is 1.53 bits per heavy atom. The number of hydrogen-bond donors (Lipinski definition) is 6. The average Bonchev–Trinajstić information content (AvgIpc) is 3.25. The van der Waals surface area contributed by atoms with Gasteiger partial charge < -0.3 is 40.3 Å². The van der Waals surface area contributed by atoms with Crippen LogP contribution in [0.3, 0.4) is 0 Å². The third-order valence-corrected chi connectivity index (χ3v) is 11.4. The van der Waals surface area contributed by atoms with Crippen molar-refractivity contribution in [1.82, 2.24) is 5.32 Å². The van der Waals surface area contributed by atoms with E-state index in [1.165, 1.54) is 103 Å². The van der Waals surface area contributed by atoms with Gasteiger partial charge in [-0.25, -0.2) is 0 Å². The summed E-state index contributed by atoms with van der Waals surface area (Å²) in [7, 11) is 0. The molecule has 0 aromatic rings. The zero-order valence-corrected chi connectivity index (χ0v) is 38.2. The number of ether oxygens (including phenoxy) is 2. The fourth-order valence-electron chi connectivity index (χ4n) is 7.48. The number of unbranched alkanes of at least 4 members (excludes halogenated alkanes) is 20. The van der Waals surface area contributed by atoms with Crippen LogP contribution in [0.5, 0.6) is 0 Å². The molecular formula is C51H91NO8. The zero-order valence-electron chi connectivity index (χ0n) is 38.2. The van der Waals surface area contributed by atoms with E-state index in [-0.39, 0.29) is 12.5 Å². The molecule has 0 saturated carbocycles. The third kappa shape index (κ3) is 30.8. The number of rotatable bonds is 40. The molecule has 1 rings (SSSR count). The van der Waals surface area contributed by atoms with E-state index in [4.69, 9.17) is 9.47 Å². The van der Waals surface area contributed by atoms with Gasteiger partial charge in [-0.15, -0.1) is 0 Å². The summed E-state index contributed by atoms with van der Waals surface area (Å²) < 4.78 is 11.2. The van der Waals surface area contributed by atoms with Crippen molar-refractivity contribution in [3.63, 3.8) is 0 Å². The second-order valence-electron chi connectivity index (χ2n) is 16.9. The Morgan fingerprint density at radius 2 is 1.03 bits per heavy atom. The molecule has 1 aliphatic heterocycles. The second-order valence-corrected chi connectivity index (χ2v) is 16.9. The van der Waals surface area contributed by atoms with Gasteiger partial charge in [0.2, 0.25) is 5.91 Å². The van der Waals surface area contributed by atoms with Crippen LogP contribution in [0.4, 0.5) is 0 Å². The van der Waals surface area contributed by atoms with E-state index >= 15 is 0 Å². The molecule has 0 spiro atoms. The molecule has 1 saturated heterocycles. The quantitative estimate of drug-likeness (QED) is 0.0264. The molecule has 1 heterocycles. The average molecular weight is 846 g/mol. The van der Waals surface area contributed by atoms with Crippen molar-refractivity contribution in [2.75, 3.05) is 13.2 Å². The summed E-state index contributed by atoms with van der Waals surface area (Å²) in [4.78, 5) is 12.9. The molecule has 60 heavy (non-hydrogen) atoms. The number of amides is 1. The monoisotopic (exact) mass is 846 g/mol. The normalized spacial score (nSPS) is 21.1. The Kier molecular flexibility index (Phi) is 38.1. The largest absolute Gasteiger partial charge is 0.394 e. The van der Waals surface area contributed by atoms with Crippen LogP contribution in [-0.4, -0.2) is 87.5 Å². The van der Waals surface area contributed by atoms with Crippen LogP contribution in [0.25, 0.3) is 0 Å². The van der Waals surface area contributed by atoms with Gasteiger partial charge in [-0.05, 0) is 57.8 Å². The number of aliphatic hydroxyl groups is 5. The Bertz CT molecular complexity index is 1120. The Hall–Kier alpha value is -2.11. The first-order valence-corrected chi connectivity index (χ1v) is 24.5. The highest BCUT2D eigenvalue weighted by atomic mass is 16.7. The summed E-state index contributed by atoms with van der Waals surface area (Å²) in [6.07, 6.45) is 46.9. The minimum Gasteiger partial charge on any atom is -0.394 e. The minimum atomic E-state index is -1.55. The van der Waals surface area contributed by atoms with Gasteiger partial charge >= 0.3 is 0 Å². The van der Waals surface area contributed by atoms with E-state index in [0.717, 1.165) is 70.6 Å². The van der Waals surface area contributed by atoms with Crippen molar-refractivity contribution in [3.8, 4) is 0 Å². The molecule has 9 nitrogen and oxygen atoms in total. The summed E-state index contributed by atoms with van der Waals surface area (Å²) in [6, 6.07) is -0.718. The maximum absolute atomic E-state index is 12.9. The summed E-state index contributed by atoms with van der Waals surface area (Å²) in [5.74, 6) is -0.151. The van der Waals surface area contributed by atoms with E-state index < -0.39 is 49.5 Å². The van der Waals surface area contributed by atoms with E-state index in [9.17, 15) is 30.3 Å². The summed E-state index contributed by atoms with van der Waals surface area (Å²) >= 11 is 0. The first-order valence-electron chi connectivity index (χ1n) is 24.5. The number of hydrogen-bond acceptors (Lipinski definition) is 8. The predicted molar refractivity (Wildman–Crippen MR) is 249 cm³/mol. The summed E-state index contributed by atoms with van der Waals surface area (Å²) in [5, 5.41) is 54.2. The number of allylic oxidation sites excluding steroid dienone is 10. The lowest BCUT2D eigenvalue weighted by atomic mass is 9.99. The number of carbonyl (C=O) groups is 1. The van der Waals surface area contributed by atoms with Gasteiger partial charge in [0.25, 0.3) is 0 Å². The fraction of sp³-hybridized carbons (Fsp3) is 0.784. The van der Waals surface area contributed by atoms with E-state index in [1.54, 1.807) is 0 Å². The van der Waals surface area contributed by atoms with Crippen molar-refractivity contribution in [3.05, 3.63) is 60.8 Å². The lowest BCUT2D eigenvalue weighted by Gasteiger charge is -2.40. The maximum atomic E-state index is 12.9. The molecule has 7 atom stereocenters. The van der Waals surface area contributed by atoms with Crippen LogP contribution < -0.4 is 5.32 Å². The highest BCUT2D eigenvalue weighted by Crippen LogP contribution is 2.23. The smallest absolute Gasteiger partial charge is 0.220 e. The molecule has 6 N–H and O–H groups in total. The molecule has 0 bridgehead atoms. The van der Waals surface area contributed by atoms with Crippen molar-refractivity contribution >= 4 is 5.91 Å². The molecule has 0 aliphatic carbocycles. The molecule has 0 aromatic heterocycles. The molecule has 9 heteroatoms. The SMILES string of the molecule is CC/C=C\C/C=C\C/C=C\C/C=C\C/C=C\CCCCCCCCCCCCCCCC(=O)NC(COC1OC(CO)C(O)C(O)C1O)C(O)CCCCCCCCCC. The maximum Gasteiger partial charge on any atom is 0.220 e. The minimum absolute atomic E-state index is 0.140. The molecule has 7 unspecified atom stereocenters.